The van der Waals surface area contributed by atoms with Gasteiger partial charge in [0.25, 0.3) is 5.91 Å². The zero-order chi connectivity index (χ0) is 48.3. The van der Waals surface area contributed by atoms with Gasteiger partial charge in [-0.15, -0.1) is 0 Å². The molecule has 2 aromatic heterocycles. The molecule has 5 heterocycles. The number of pyridine rings is 1. The van der Waals surface area contributed by atoms with E-state index in [-0.39, 0.29) is 49.6 Å². The molecule has 3 N–H and O–H groups in total. The highest BCUT2D eigenvalue weighted by Gasteiger charge is 2.40. The minimum Gasteiger partial charge on any atom is -0.508 e. The van der Waals surface area contributed by atoms with Gasteiger partial charge in [0.15, 0.2) is 0 Å². The molecule has 16 nitrogen and oxygen atoms in total. The Morgan fingerprint density at radius 2 is 1.90 bits per heavy atom. The van der Waals surface area contributed by atoms with Crippen LogP contribution in [-0.2, 0) is 52.9 Å². The van der Waals surface area contributed by atoms with Crippen molar-refractivity contribution in [2.75, 3.05) is 40.4 Å². The zero-order valence-electron chi connectivity index (χ0n) is 39.5. The summed E-state index contributed by atoms with van der Waals surface area (Å²) in [5.41, 5.74) is 8.62. The van der Waals surface area contributed by atoms with Gasteiger partial charge in [-0.25, -0.2) is 5.43 Å². The second-order valence-corrected chi connectivity index (χ2v) is 19.2. The molecule has 16 heteroatoms. The molecule has 67 heavy (non-hydrogen) atoms. The van der Waals surface area contributed by atoms with Gasteiger partial charge < -0.3 is 34.3 Å². The van der Waals surface area contributed by atoms with Crippen LogP contribution in [0.3, 0.4) is 0 Å². The van der Waals surface area contributed by atoms with Crippen LogP contribution >= 0.6 is 0 Å². The predicted molar refractivity (Wildman–Crippen MR) is 252 cm³/mol. The number of likely N-dealkylation sites (N-methyl/N-ethyl adjacent to an activating group) is 1. The number of likely N-dealkylation sites (tertiary alicyclic amines) is 1. The van der Waals surface area contributed by atoms with Crippen LogP contribution in [-0.4, -0.2) is 118 Å². The lowest BCUT2D eigenvalue weighted by atomic mass is 9.84. The molecular formula is C51H62N8O8. The molecule has 0 radical (unpaired) electrons. The van der Waals surface area contributed by atoms with E-state index in [1.165, 1.54) is 16.0 Å². The first-order chi connectivity index (χ1) is 31.9. The number of methoxy groups -OCH3 is 1. The highest BCUT2D eigenvalue weighted by molar-refractivity contribution is 5.96. The van der Waals surface area contributed by atoms with Crippen molar-refractivity contribution in [3.63, 3.8) is 0 Å². The van der Waals surface area contributed by atoms with E-state index >= 15 is 0 Å². The maximum atomic E-state index is 14.7. The number of esters is 1. The highest BCUT2D eigenvalue weighted by Crippen LogP contribution is 2.43. The van der Waals surface area contributed by atoms with Gasteiger partial charge in [0, 0.05) is 69.0 Å². The number of hydrogen-bond acceptors (Lipinski definition) is 11. The first-order valence-corrected chi connectivity index (χ1v) is 23.0. The number of nitrogens with zero attached hydrogens (tertiary/aromatic N) is 6. The Kier molecular flexibility index (Phi) is 14.5. The number of rotatable bonds is 10. The number of nitrogens with one attached hydrogen (secondary N) is 2. The quantitative estimate of drug-likeness (QED) is 0.135. The van der Waals surface area contributed by atoms with Gasteiger partial charge in [-0.2, -0.15) is 5.26 Å². The number of cyclic esters (lactones) is 1. The van der Waals surface area contributed by atoms with Gasteiger partial charge in [-0.3, -0.25) is 34.0 Å². The Morgan fingerprint density at radius 1 is 1.12 bits per heavy atom. The van der Waals surface area contributed by atoms with Crippen molar-refractivity contribution in [2.45, 2.75) is 97.5 Å². The van der Waals surface area contributed by atoms with Crippen LogP contribution < -0.4 is 10.7 Å². The van der Waals surface area contributed by atoms with Gasteiger partial charge in [-0.05, 0) is 103 Å². The molecule has 1 unspecified atom stereocenters. The van der Waals surface area contributed by atoms with Crippen LogP contribution in [0.1, 0.15) is 76.6 Å². The molecule has 3 aliphatic rings. The lowest BCUT2D eigenvalue weighted by Crippen LogP contribution is -2.62. The molecule has 7 rings (SSSR count). The lowest BCUT2D eigenvalue weighted by Gasteiger charge is -2.37. The van der Waals surface area contributed by atoms with Crippen LogP contribution in [0, 0.1) is 28.6 Å². The number of nitriles is 1. The molecule has 3 aliphatic heterocycles. The average Bonchev–Trinajstić information content (AvgIpc) is 3.92. The molecule has 6 bridgehead atoms. The van der Waals surface area contributed by atoms with Crippen LogP contribution in [0.15, 0.2) is 67.5 Å². The van der Waals surface area contributed by atoms with E-state index in [1.807, 2.05) is 69.5 Å². The van der Waals surface area contributed by atoms with Crippen molar-refractivity contribution in [3.05, 3.63) is 84.2 Å². The number of hydrogen-bond donors (Lipinski definition) is 3. The molecule has 0 saturated carbocycles. The van der Waals surface area contributed by atoms with Crippen LogP contribution in [0.4, 0.5) is 0 Å². The number of carbonyl (C=O) groups is 5. The zero-order valence-corrected chi connectivity index (χ0v) is 39.5. The molecule has 4 amide bonds. The summed E-state index contributed by atoms with van der Waals surface area (Å²) in [5, 5.41) is 27.0. The van der Waals surface area contributed by atoms with E-state index in [2.05, 4.69) is 28.4 Å². The Balaban J connectivity index is 1.33. The summed E-state index contributed by atoms with van der Waals surface area (Å²) in [5.74, 6) is -3.05. The first-order valence-electron chi connectivity index (χ1n) is 23.0. The summed E-state index contributed by atoms with van der Waals surface area (Å²) in [6.45, 7) is 14.3. The predicted octanol–water partition coefficient (Wildman–Crippen LogP) is 5.47. The molecule has 2 fully saturated rings. The monoisotopic (exact) mass is 914 g/mol. The second-order valence-electron chi connectivity index (χ2n) is 19.2. The summed E-state index contributed by atoms with van der Waals surface area (Å²) < 4.78 is 13.7. The van der Waals surface area contributed by atoms with Crippen LogP contribution in [0.2, 0.25) is 0 Å². The molecule has 2 aromatic carbocycles. The van der Waals surface area contributed by atoms with E-state index in [4.69, 9.17) is 9.47 Å². The number of benzene rings is 2. The minimum atomic E-state index is -1.20. The number of phenols is 1. The van der Waals surface area contributed by atoms with Crippen LogP contribution in [0.5, 0.6) is 5.75 Å². The number of fused-ring (bicyclic) bond motifs is 6. The molecule has 4 aromatic rings. The summed E-state index contributed by atoms with van der Waals surface area (Å²) in [4.78, 5) is 76.9. The van der Waals surface area contributed by atoms with Crippen molar-refractivity contribution in [2.24, 2.45) is 17.3 Å². The van der Waals surface area contributed by atoms with Gasteiger partial charge in [-0.1, -0.05) is 46.4 Å². The highest BCUT2D eigenvalue weighted by atomic mass is 16.5. The van der Waals surface area contributed by atoms with Gasteiger partial charge in [0.05, 0.1) is 36.4 Å². The standard InChI is InChI=1S/C51H62N8O8/c1-9-44(61)57-18-15-34(27-57)48(63)56(7)45(30(2)3)47(62)54-42-21-32-19-36(22-37(60)20-32)33-12-13-43-38(23-33)39(46(59(43)31(4)25-52)40-26-53-16-14-35(40)28-66-8)24-51(5,6)29-67-50(65)41-11-10-17-58(55-41)49(42)64/h9,12-14,16,19-20,22-23,26,30-31,34,41-42,45,55,60H,1,10-11,15,17-18,21,24,27-29H2,2-8H3,(H,54,62)/t31-,34+,41+,42+,45?/m1/s1. The van der Waals surface area contributed by atoms with Crippen molar-refractivity contribution in [1.82, 2.24) is 35.1 Å². The number of amides is 4. The van der Waals surface area contributed by atoms with Crippen molar-refractivity contribution < 1.29 is 38.6 Å². The molecule has 0 spiro atoms. The fourth-order valence-electron chi connectivity index (χ4n) is 9.90. The van der Waals surface area contributed by atoms with E-state index < -0.39 is 53.3 Å². The van der Waals surface area contributed by atoms with Gasteiger partial charge in [0.2, 0.25) is 17.7 Å². The number of ether oxygens (including phenoxy) is 2. The van der Waals surface area contributed by atoms with Gasteiger partial charge in [0.1, 0.15) is 29.9 Å². The Labute approximate surface area is 391 Å². The fraction of sp³-hybridized carbons (Fsp3) is 0.471. The number of carbonyl (C=O) groups excluding carboxylic acids is 5. The molecule has 2 saturated heterocycles. The molecule has 354 valence electrons. The molecular weight excluding hydrogens is 853 g/mol. The molecule has 0 aliphatic carbocycles. The third-order valence-corrected chi connectivity index (χ3v) is 13.2. The maximum absolute atomic E-state index is 14.7. The lowest BCUT2D eigenvalue weighted by molar-refractivity contribution is -0.155. The van der Waals surface area contributed by atoms with Crippen LogP contribution in [0.25, 0.3) is 33.3 Å². The van der Waals surface area contributed by atoms with Crippen molar-refractivity contribution >= 4 is 40.5 Å². The Bertz CT molecular complexity index is 2610. The summed E-state index contributed by atoms with van der Waals surface area (Å²) >= 11 is 0. The van der Waals surface area contributed by atoms with E-state index in [0.29, 0.717) is 50.0 Å². The largest absolute Gasteiger partial charge is 0.508 e. The topological polar surface area (TPSA) is 199 Å². The minimum absolute atomic E-state index is 0.0381. The third kappa shape index (κ3) is 10.2. The first kappa shape index (κ1) is 48.4. The van der Waals surface area contributed by atoms with E-state index in [1.54, 1.807) is 43.6 Å². The average molecular weight is 915 g/mol. The van der Waals surface area contributed by atoms with Crippen molar-refractivity contribution in [3.8, 4) is 34.2 Å². The number of aromatic nitrogens is 2. The Hall–Kier alpha value is -6.57. The third-order valence-electron chi connectivity index (χ3n) is 13.2. The smallest absolute Gasteiger partial charge is 0.324 e. The summed E-state index contributed by atoms with van der Waals surface area (Å²) in [6, 6.07) is 11.7. The molecule has 5 atom stereocenters. The van der Waals surface area contributed by atoms with E-state index in [9.17, 15) is 34.3 Å². The van der Waals surface area contributed by atoms with Crippen molar-refractivity contribution in [1.29, 1.82) is 5.26 Å². The fourth-order valence-corrected chi connectivity index (χ4v) is 9.90. The second kappa shape index (κ2) is 20.1. The van der Waals surface area contributed by atoms with Gasteiger partial charge >= 0.3 is 5.97 Å². The van der Waals surface area contributed by atoms with E-state index in [0.717, 1.165) is 38.9 Å². The normalized spacial score (nSPS) is 20.7. The summed E-state index contributed by atoms with van der Waals surface area (Å²) in [7, 11) is 3.19. The number of phenolic OH excluding ortho intramolecular Hbond substituents is 1. The summed E-state index contributed by atoms with van der Waals surface area (Å²) in [6.07, 6.45) is 6.43. The number of hydrazine groups is 1. The Morgan fingerprint density at radius 3 is 2.61 bits per heavy atom. The SMILES string of the molecule is C=CC(=O)N1CC[C@H](C(=O)N(C)C(C(=O)N[C@H]2Cc3cc(O)cc(c3)-c3ccc4c(c3)c(c(-c3cnccc3COC)n4[C@H](C)C#N)CC(C)(C)COC(=O)[C@@H]3CCCN(N3)C2=O)C(C)C)C1. The maximum Gasteiger partial charge on any atom is 0.324 e. The number of aromatic hydroxyl groups is 1.